The molecule has 0 unspecified atom stereocenters. The fourth-order valence-electron chi connectivity index (χ4n) is 1.35. The van der Waals surface area contributed by atoms with Gasteiger partial charge in [0.2, 0.25) is 15.9 Å². The van der Waals surface area contributed by atoms with Crippen LogP contribution in [0.15, 0.2) is 23.1 Å². The maximum Gasteiger partial charge on any atom is 0.240 e. The predicted octanol–water partition coefficient (Wildman–Crippen LogP) is 0.411. The summed E-state index contributed by atoms with van der Waals surface area (Å²) in [6, 6.07) is 3.19. The Balaban J connectivity index is 2.97. The van der Waals surface area contributed by atoms with Gasteiger partial charge in [-0.3, -0.25) is 4.79 Å². The third-order valence-corrected chi connectivity index (χ3v) is 3.69. The maximum absolute atomic E-state index is 13.4. The van der Waals surface area contributed by atoms with Gasteiger partial charge in [0.15, 0.2) is 0 Å². The summed E-state index contributed by atoms with van der Waals surface area (Å²) >= 11 is 0. The number of rotatable bonds is 6. The van der Waals surface area contributed by atoms with Crippen LogP contribution < -0.4 is 15.8 Å². The molecule has 19 heavy (non-hydrogen) atoms. The van der Waals surface area contributed by atoms with E-state index in [9.17, 15) is 17.6 Å². The fourth-order valence-corrected chi connectivity index (χ4v) is 2.45. The highest BCUT2D eigenvalue weighted by atomic mass is 32.2. The highest BCUT2D eigenvalue weighted by molar-refractivity contribution is 7.89. The lowest BCUT2D eigenvalue weighted by molar-refractivity contribution is -0.114. The first-order chi connectivity index (χ1) is 8.86. The maximum atomic E-state index is 13.4. The number of anilines is 1. The van der Waals surface area contributed by atoms with Gasteiger partial charge in [0, 0.05) is 13.5 Å². The van der Waals surface area contributed by atoms with Crippen LogP contribution in [0, 0.1) is 5.82 Å². The van der Waals surface area contributed by atoms with Gasteiger partial charge in [-0.2, -0.15) is 0 Å². The van der Waals surface area contributed by atoms with Gasteiger partial charge in [0.1, 0.15) is 5.82 Å². The predicted molar refractivity (Wildman–Crippen MR) is 69.6 cm³/mol. The van der Waals surface area contributed by atoms with Crippen LogP contribution in [0.4, 0.5) is 10.1 Å². The molecule has 0 spiro atoms. The molecule has 0 aliphatic heterocycles. The van der Waals surface area contributed by atoms with E-state index in [0.29, 0.717) is 13.0 Å². The van der Waals surface area contributed by atoms with Crippen molar-refractivity contribution in [2.24, 2.45) is 5.73 Å². The van der Waals surface area contributed by atoms with Crippen molar-refractivity contribution in [1.82, 2.24) is 4.72 Å². The molecule has 0 saturated carbocycles. The normalized spacial score (nSPS) is 11.3. The minimum absolute atomic E-state index is 0.116. The molecule has 106 valence electrons. The average molecular weight is 289 g/mol. The standard InChI is InChI=1S/C11H16FN3O3S/c1-8(16)15-11-7-9(3-4-10(11)12)19(17,18)14-6-2-5-13/h3-4,7,14H,2,5-6,13H2,1H3,(H,15,16). The van der Waals surface area contributed by atoms with Gasteiger partial charge < -0.3 is 11.1 Å². The molecule has 0 aliphatic rings. The lowest BCUT2D eigenvalue weighted by Gasteiger charge is -2.09. The second-order valence-electron chi connectivity index (χ2n) is 3.86. The smallest absolute Gasteiger partial charge is 0.240 e. The summed E-state index contributed by atoms with van der Waals surface area (Å²) in [4.78, 5) is 10.8. The highest BCUT2D eigenvalue weighted by Crippen LogP contribution is 2.19. The van der Waals surface area contributed by atoms with E-state index in [1.54, 1.807) is 0 Å². The number of amides is 1. The van der Waals surface area contributed by atoms with E-state index in [0.717, 1.165) is 18.2 Å². The van der Waals surface area contributed by atoms with Gasteiger partial charge in [-0.1, -0.05) is 0 Å². The summed E-state index contributed by atoms with van der Waals surface area (Å²) in [5, 5.41) is 2.23. The Morgan fingerprint density at radius 2 is 2.11 bits per heavy atom. The van der Waals surface area contributed by atoms with E-state index < -0.39 is 21.7 Å². The van der Waals surface area contributed by atoms with Crippen LogP contribution >= 0.6 is 0 Å². The second-order valence-corrected chi connectivity index (χ2v) is 5.63. The van der Waals surface area contributed by atoms with Crippen molar-refractivity contribution in [3.8, 4) is 0 Å². The number of hydrogen-bond acceptors (Lipinski definition) is 4. The minimum atomic E-state index is -3.73. The number of carbonyl (C=O) groups is 1. The number of benzene rings is 1. The fraction of sp³-hybridized carbons (Fsp3) is 0.364. The molecule has 0 aromatic heterocycles. The Morgan fingerprint density at radius 1 is 1.42 bits per heavy atom. The van der Waals surface area contributed by atoms with Crippen LogP contribution in [0.1, 0.15) is 13.3 Å². The number of halogens is 1. The Hall–Kier alpha value is -1.51. The Labute approximate surface area is 111 Å². The summed E-state index contributed by atoms with van der Waals surface area (Å²) in [6.45, 7) is 1.77. The quantitative estimate of drug-likeness (QED) is 0.660. The molecule has 0 fully saturated rings. The summed E-state index contributed by atoms with van der Waals surface area (Å²) in [5.41, 5.74) is 5.09. The second kappa shape index (κ2) is 6.60. The van der Waals surface area contributed by atoms with Crippen LogP contribution in [-0.4, -0.2) is 27.4 Å². The Kier molecular flexibility index (Phi) is 5.40. The lowest BCUT2D eigenvalue weighted by Crippen LogP contribution is -2.26. The molecule has 1 rings (SSSR count). The SMILES string of the molecule is CC(=O)Nc1cc(S(=O)(=O)NCCCN)ccc1F. The minimum Gasteiger partial charge on any atom is -0.330 e. The number of nitrogens with one attached hydrogen (secondary N) is 2. The Bertz CT molecular complexity index is 560. The number of sulfonamides is 1. The van der Waals surface area contributed by atoms with Crippen LogP contribution in [0.25, 0.3) is 0 Å². The van der Waals surface area contributed by atoms with E-state index in [2.05, 4.69) is 10.0 Å². The largest absolute Gasteiger partial charge is 0.330 e. The van der Waals surface area contributed by atoms with Crippen molar-refractivity contribution in [2.75, 3.05) is 18.4 Å². The highest BCUT2D eigenvalue weighted by Gasteiger charge is 2.16. The van der Waals surface area contributed by atoms with Crippen molar-refractivity contribution in [3.63, 3.8) is 0 Å². The zero-order valence-corrected chi connectivity index (χ0v) is 11.3. The van der Waals surface area contributed by atoms with Gasteiger partial charge in [0.05, 0.1) is 10.6 Å². The summed E-state index contributed by atoms with van der Waals surface area (Å²) in [7, 11) is -3.73. The van der Waals surface area contributed by atoms with Crippen molar-refractivity contribution >= 4 is 21.6 Å². The molecular weight excluding hydrogens is 273 g/mol. The van der Waals surface area contributed by atoms with Crippen LogP contribution in [0.5, 0.6) is 0 Å². The van der Waals surface area contributed by atoms with E-state index in [-0.39, 0.29) is 17.1 Å². The molecule has 0 heterocycles. The average Bonchev–Trinajstić information content (AvgIpc) is 2.31. The molecule has 6 nitrogen and oxygen atoms in total. The van der Waals surface area contributed by atoms with Crippen molar-refractivity contribution in [2.45, 2.75) is 18.2 Å². The first-order valence-electron chi connectivity index (χ1n) is 5.63. The molecule has 4 N–H and O–H groups in total. The van der Waals surface area contributed by atoms with Gasteiger partial charge in [-0.15, -0.1) is 0 Å². The molecule has 0 saturated heterocycles. The van der Waals surface area contributed by atoms with E-state index in [1.807, 2.05) is 0 Å². The molecule has 8 heteroatoms. The molecule has 1 amide bonds. The molecule has 0 atom stereocenters. The zero-order chi connectivity index (χ0) is 14.5. The zero-order valence-electron chi connectivity index (χ0n) is 10.4. The van der Waals surface area contributed by atoms with Crippen molar-refractivity contribution < 1.29 is 17.6 Å². The molecule has 1 aromatic carbocycles. The summed E-state index contributed by atoms with van der Waals surface area (Å²) < 4.78 is 39.4. The van der Waals surface area contributed by atoms with E-state index >= 15 is 0 Å². The van der Waals surface area contributed by atoms with Crippen LogP contribution in [0.3, 0.4) is 0 Å². The van der Waals surface area contributed by atoms with Crippen molar-refractivity contribution in [1.29, 1.82) is 0 Å². The molecule has 0 bridgehead atoms. The van der Waals surface area contributed by atoms with Gasteiger partial charge in [-0.25, -0.2) is 17.5 Å². The van der Waals surface area contributed by atoms with E-state index in [4.69, 9.17) is 5.73 Å². The van der Waals surface area contributed by atoms with Gasteiger partial charge in [-0.05, 0) is 31.2 Å². The molecule has 0 radical (unpaired) electrons. The number of hydrogen-bond donors (Lipinski definition) is 3. The summed E-state index contributed by atoms with van der Waals surface area (Å²) in [5.74, 6) is -1.18. The lowest BCUT2D eigenvalue weighted by atomic mass is 10.3. The molecule has 0 aliphatic carbocycles. The van der Waals surface area contributed by atoms with Crippen molar-refractivity contribution in [3.05, 3.63) is 24.0 Å². The van der Waals surface area contributed by atoms with Crippen LogP contribution in [0.2, 0.25) is 0 Å². The topological polar surface area (TPSA) is 101 Å². The van der Waals surface area contributed by atoms with Gasteiger partial charge in [0.25, 0.3) is 0 Å². The Morgan fingerprint density at radius 3 is 2.68 bits per heavy atom. The van der Waals surface area contributed by atoms with Gasteiger partial charge >= 0.3 is 0 Å². The third-order valence-electron chi connectivity index (χ3n) is 2.23. The molecular formula is C11H16FN3O3S. The van der Waals surface area contributed by atoms with Crippen LogP contribution in [-0.2, 0) is 14.8 Å². The van der Waals surface area contributed by atoms with E-state index in [1.165, 1.54) is 6.92 Å². The summed E-state index contributed by atoms with van der Waals surface area (Å²) in [6.07, 6.45) is 0.499. The first kappa shape index (κ1) is 15.5. The first-order valence-corrected chi connectivity index (χ1v) is 7.12. The third kappa shape index (κ3) is 4.58. The monoisotopic (exact) mass is 289 g/mol. The number of nitrogens with two attached hydrogens (primary N) is 1. The number of carbonyl (C=O) groups excluding carboxylic acids is 1. The molecule has 1 aromatic rings.